The molecular weight excluding hydrogens is 172 g/mol. The highest BCUT2D eigenvalue weighted by Gasteiger charge is 2.40. The van der Waals surface area contributed by atoms with Gasteiger partial charge in [0.2, 0.25) is 0 Å². The van der Waals surface area contributed by atoms with Crippen LogP contribution in [-0.4, -0.2) is 42.4 Å². The van der Waals surface area contributed by atoms with Crippen LogP contribution in [0.3, 0.4) is 0 Å². The summed E-state index contributed by atoms with van der Waals surface area (Å²) in [5.74, 6) is 0.221. The van der Waals surface area contributed by atoms with Gasteiger partial charge in [0.05, 0.1) is 12.7 Å². The second-order valence-corrected chi connectivity index (χ2v) is 3.67. The second-order valence-electron chi connectivity index (χ2n) is 3.67. The lowest BCUT2D eigenvalue weighted by molar-refractivity contribution is -0.260. The van der Waals surface area contributed by atoms with E-state index in [2.05, 4.69) is 0 Å². The van der Waals surface area contributed by atoms with Crippen molar-refractivity contribution in [2.45, 2.75) is 32.3 Å². The smallest absolute Gasteiger partial charge is 0.160 e. The summed E-state index contributed by atoms with van der Waals surface area (Å²) in [6.45, 7) is 3.74. The van der Waals surface area contributed by atoms with Gasteiger partial charge in [-0.25, -0.2) is 0 Å². The molecule has 0 amide bonds. The third kappa shape index (κ3) is 2.02. The second kappa shape index (κ2) is 4.37. The van der Waals surface area contributed by atoms with Gasteiger partial charge in [0.25, 0.3) is 0 Å². The zero-order valence-corrected chi connectivity index (χ0v) is 8.30. The molecule has 1 fully saturated rings. The van der Waals surface area contributed by atoms with E-state index in [9.17, 15) is 5.11 Å². The molecule has 0 radical (unpaired) electrons. The normalized spacial score (nSPS) is 46.4. The molecule has 0 aromatic carbocycles. The molecule has 1 aliphatic heterocycles. The van der Waals surface area contributed by atoms with E-state index in [0.717, 1.165) is 0 Å². The van der Waals surface area contributed by atoms with E-state index in [1.165, 1.54) is 0 Å². The van der Waals surface area contributed by atoms with Crippen LogP contribution < -0.4 is 0 Å². The minimum atomic E-state index is -0.605. The summed E-state index contributed by atoms with van der Waals surface area (Å²) < 4.78 is 10.5. The molecule has 5 atom stereocenters. The van der Waals surface area contributed by atoms with Gasteiger partial charge in [-0.05, 0) is 5.92 Å². The van der Waals surface area contributed by atoms with Crippen molar-refractivity contribution in [3.63, 3.8) is 0 Å². The third-order valence-electron chi connectivity index (χ3n) is 2.90. The summed E-state index contributed by atoms with van der Waals surface area (Å²) in [5, 5.41) is 18.6. The predicted octanol–water partition coefficient (Wildman–Crippen LogP) is -0.0169. The fourth-order valence-corrected chi connectivity index (χ4v) is 1.70. The van der Waals surface area contributed by atoms with E-state index < -0.39 is 12.2 Å². The average molecular weight is 190 g/mol. The van der Waals surface area contributed by atoms with Gasteiger partial charge in [0, 0.05) is 13.0 Å². The van der Waals surface area contributed by atoms with E-state index in [4.69, 9.17) is 14.6 Å². The lowest BCUT2D eigenvalue weighted by atomic mass is 9.85. The first-order chi connectivity index (χ1) is 6.11. The number of rotatable bonds is 2. The molecule has 1 aliphatic rings. The highest BCUT2D eigenvalue weighted by atomic mass is 16.7. The SMILES string of the molecule is CO[C@H]1OC(CO)[C@@H](O)[C@H](C)C1C. The van der Waals surface area contributed by atoms with Crippen LogP contribution in [0.5, 0.6) is 0 Å². The van der Waals surface area contributed by atoms with Crippen molar-refractivity contribution in [1.82, 2.24) is 0 Å². The molecule has 78 valence electrons. The molecule has 0 aromatic heterocycles. The quantitative estimate of drug-likeness (QED) is 0.642. The van der Waals surface area contributed by atoms with Crippen molar-refractivity contribution in [2.24, 2.45) is 11.8 Å². The molecule has 4 heteroatoms. The van der Waals surface area contributed by atoms with Crippen molar-refractivity contribution >= 4 is 0 Å². The Balaban J connectivity index is 2.66. The summed E-state index contributed by atoms with van der Waals surface area (Å²) in [4.78, 5) is 0. The van der Waals surface area contributed by atoms with E-state index in [0.29, 0.717) is 0 Å². The molecule has 4 nitrogen and oxygen atoms in total. The van der Waals surface area contributed by atoms with Crippen LogP contribution in [0.25, 0.3) is 0 Å². The first-order valence-corrected chi connectivity index (χ1v) is 4.59. The Morgan fingerprint density at radius 3 is 2.38 bits per heavy atom. The van der Waals surface area contributed by atoms with Crippen molar-refractivity contribution in [3.05, 3.63) is 0 Å². The maximum Gasteiger partial charge on any atom is 0.160 e. The number of hydrogen-bond donors (Lipinski definition) is 2. The molecule has 2 N–H and O–H groups in total. The maximum absolute atomic E-state index is 9.68. The van der Waals surface area contributed by atoms with Crippen molar-refractivity contribution in [1.29, 1.82) is 0 Å². The Labute approximate surface area is 78.5 Å². The summed E-state index contributed by atoms with van der Waals surface area (Å²) in [6, 6.07) is 0. The van der Waals surface area contributed by atoms with E-state index in [1.807, 2.05) is 13.8 Å². The Bertz CT molecular complexity index is 142. The number of ether oxygens (including phenoxy) is 2. The van der Waals surface area contributed by atoms with Gasteiger partial charge >= 0.3 is 0 Å². The lowest BCUT2D eigenvalue weighted by Gasteiger charge is -2.41. The highest BCUT2D eigenvalue weighted by molar-refractivity contribution is 4.84. The van der Waals surface area contributed by atoms with Crippen molar-refractivity contribution in [2.75, 3.05) is 13.7 Å². The van der Waals surface area contributed by atoms with Crippen LogP contribution in [0, 0.1) is 11.8 Å². The Kier molecular flexibility index (Phi) is 3.67. The number of hydrogen-bond acceptors (Lipinski definition) is 4. The topological polar surface area (TPSA) is 58.9 Å². The predicted molar refractivity (Wildman–Crippen MR) is 47.1 cm³/mol. The van der Waals surface area contributed by atoms with Crippen molar-refractivity contribution < 1.29 is 19.7 Å². The monoisotopic (exact) mass is 190 g/mol. The number of aliphatic hydroxyl groups excluding tert-OH is 2. The summed E-state index contributed by atoms with van der Waals surface area (Å²) in [6.07, 6.45) is -1.45. The van der Waals surface area contributed by atoms with Gasteiger partial charge < -0.3 is 19.7 Å². The van der Waals surface area contributed by atoms with Crippen LogP contribution in [0.2, 0.25) is 0 Å². The van der Waals surface area contributed by atoms with E-state index in [1.54, 1.807) is 7.11 Å². The zero-order valence-electron chi connectivity index (χ0n) is 8.30. The first-order valence-electron chi connectivity index (χ1n) is 4.59. The van der Waals surface area contributed by atoms with Gasteiger partial charge in [-0.15, -0.1) is 0 Å². The summed E-state index contributed by atoms with van der Waals surface area (Å²) in [7, 11) is 1.57. The number of aliphatic hydroxyl groups is 2. The zero-order chi connectivity index (χ0) is 10.0. The van der Waals surface area contributed by atoms with Crippen LogP contribution in [0.4, 0.5) is 0 Å². The molecule has 1 rings (SSSR count). The Morgan fingerprint density at radius 1 is 1.31 bits per heavy atom. The van der Waals surface area contributed by atoms with Gasteiger partial charge in [-0.2, -0.15) is 0 Å². The molecule has 1 saturated heterocycles. The third-order valence-corrected chi connectivity index (χ3v) is 2.90. The average Bonchev–Trinajstić information content (AvgIpc) is 2.15. The molecule has 0 bridgehead atoms. The molecule has 0 aliphatic carbocycles. The van der Waals surface area contributed by atoms with Crippen LogP contribution >= 0.6 is 0 Å². The molecule has 13 heavy (non-hydrogen) atoms. The Morgan fingerprint density at radius 2 is 1.92 bits per heavy atom. The van der Waals surface area contributed by atoms with Gasteiger partial charge in [-0.1, -0.05) is 13.8 Å². The summed E-state index contributed by atoms with van der Waals surface area (Å²) >= 11 is 0. The van der Waals surface area contributed by atoms with Crippen LogP contribution in [-0.2, 0) is 9.47 Å². The molecule has 2 unspecified atom stereocenters. The molecule has 0 spiro atoms. The summed E-state index contributed by atoms with van der Waals surface area (Å²) in [5.41, 5.74) is 0. The van der Waals surface area contributed by atoms with Crippen LogP contribution in [0.15, 0.2) is 0 Å². The van der Waals surface area contributed by atoms with Gasteiger partial charge in [-0.3, -0.25) is 0 Å². The first kappa shape index (κ1) is 10.9. The highest BCUT2D eigenvalue weighted by Crippen LogP contribution is 2.30. The largest absolute Gasteiger partial charge is 0.394 e. The minimum Gasteiger partial charge on any atom is -0.394 e. The minimum absolute atomic E-state index is 0.0795. The van der Waals surface area contributed by atoms with Crippen LogP contribution in [0.1, 0.15) is 13.8 Å². The van der Waals surface area contributed by atoms with E-state index in [-0.39, 0.29) is 24.7 Å². The molecule has 1 heterocycles. The fourth-order valence-electron chi connectivity index (χ4n) is 1.70. The van der Waals surface area contributed by atoms with Gasteiger partial charge in [0.1, 0.15) is 6.10 Å². The van der Waals surface area contributed by atoms with E-state index >= 15 is 0 Å². The Hall–Kier alpha value is -0.160. The maximum atomic E-state index is 9.68. The molecule has 0 saturated carbocycles. The lowest BCUT2D eigenvalue weighted by Crippen LogP contribution is -2.51. The van der Waals surface area contributed by atoms with Crippen molar-refractivity contribution in [3.8, 4) is 0 Å². The molecule has 0 aromatic rings. The van der Waals surface area contributed by atoms with Gasteiger partial charge in [0.15, 0.2) is 6.29 Å². The fraction of sp³-hybridized carbons (Fsp3) is 1.00. The standard InChI is InChI=1S/C9H18O4/c1-5-6(2)9(12-3)13-7(4-10)8(5)11/h5-11H,4H2,1-3H3/t5-,6?,7?,8+,9+/m1/s1. The number of methoxy groups -OCH3 is 1. The molecular formula is C9H18O4.